The summed E-state index contributed by atoms with van der Waals surface area (Å²) in [6.07, 6.45) is -5.56. The van der Waals surface area contributed by atoms with Crippen LogP contribution in [-0.4, -0.2) is 19.1 Å². The van der Waals surface area contributed by atoms with Crippen molar-refractivity contribution < 1.29 is 22.0 Å². The minimum Gasteiger partial charge on any atom is -0.307 e. The van der Waals surface area contributed by atoms with Crippen LogP contribution < -0.4 is 5.32 Å². The third kappa shape index (κ3) is 2.35. The number of hydrogen-bond acceptors (Lipinski definition) is 2. The van der Waals surface area contributed by atoms with Crippen molar-refractivity contribution in [1.29, 1.82) is 0 Å². The van der Waals surface area contributed by atoms with Gasteiger partial charge in [-0.3, -0.25) is 0 Å². The van der Waals surface area contributed by atoms with Crippen LogP contribution in [0.5, 0.6) is 0 Å². The SMILES string of the molecule is CNC(c1ccc(C)s1)C(F)(F)C(F)(F)F. The Morgan fingerprint density at radius 1 is 1.19 bits per heavy atom. The zero-order valence-corrected chi connectivity index (χ0v) is 9.35. The molecule has 0 aromatic carbocycles. The lowest BCUT2D eigenvalue weighted by Crippen LogP contribution is -2.46. The summed E-state index contributed by atoms with van der Waals surface area (Å²) < 4.78 is 62.8. The van der Waals surface area contributed by atoms with E-state index in [1.54, 1.807) is 6.92 Å². The van der Waals surface area contributed by atoms with E-state index in [2.05, 4.69) is 0 Å². The first-order valence-electron chi connectivity index (χ1n) is 4.38. The number of aryl methyl sites for hydroxylation is 1. The van der Waals surface area contributed by atoms with Crippen LogP contribution in [0.4, 0.5) is 22.0 Å². The van der Waals surface area contributed by atoms with Gasteiger partial charge in [-0.05, 0) is 26.1 Å². The lowest BCUT2D eigenvalue weighted by atomic mass is 10.1. The molecule has 1 heterocycles. The van der Waals surface area contributed by atoms with Crippen molar-refractivity contribution in [2.75, 3.05) is 7.05 Å². The smallest absolute Gasteiger partial charge is 0.307 e. The number of nitrogens with one attached hydrogen (secondary N) is 1. The molecule has 0 fully saturated rings. The van der Waals surface area contributed by atoms with Crippen molar-refractivity contribution >= 4 is 11.3 Å². The topological polar surface area (TPSA) is 12.0 Å². The molecule has 16 heavy (non-hydrogen) atoms. The second-order valence-electron chi connectivity index (χ2n) is 3.29. The maximum atomic E-state index is 13.1. The maximum Gasteiger partial charge on any atom is 0.455 e. The molecule has 1 atom stereocenters. The van der Waals surface area contributed by atoms with Crippen LogP contribution in [-0.2, 0) is 0 Å². The fourth-order valence-corrected chi connectivity index (χ4v) is 2.30. The zero-order valence-electron chi connectivity index (χ0n) is 8.53. The van der Waals surface area contributed by atoms with Gasteiger partial charge in [-0.25, -0.2) is 0 Å². The predicted octanol–water partition coefficient (Wildman–Crippen LogP) is 3.51. The first-order chi connectivity index (χ1) is 7.20. The van der Waals surface area contributed by atoms with Crippen molar-refractivity contribution in [2.24, 2.45) is 0 Å². The van der Waals surface area contributed by atoms with E-state index in [1.807, 2.05) is 5.32 Å². The van der Waals surface area contributed by atoms with Gasteiger partial charge in [0.05, 0.1) is 0 Å². The minimum atomic E-state index is -5.56. The highest BCUT2D eigenvalue weighted by Crippen LogP contribution is 2.45. The molecule has 0 radical (unpaired) electrons. The van der Waals surface area contributed by atoms with Gasteiger partial charge in [0.1, 0.15) is 6.04 Å². The summed E-state index contributed by atoms with van der Waals surface area (Å²) in [5.41, 5.74) is 0. The van der Waals surface area contributed by atoms with Crippen molar-refractivity contribution in [2.45, 2.75) is 25.1 Å². The van der Waals surface area contributed by atoms with Gasteiger partial charge >= 0.3 is 12.1 Å². The third-order valence-corrected chi connectivity index (χ3v) is 3.14. The average molecular weight is 259 g/mol. The largest absolute Gasteiger partial charge is 0.455 e. The van der Waals surface area contributed by atoms with Crippen LogP contribution >= 0.6 is 11.3 Å². The van der Waals surface area contributed by atoms with Gasteiger partial charge < -0.3 is 5.32 Å². The lowest BCUT2D eigenvalue weighted by Gasteiger charge is -2.27. The summed E-state index contributed by atoms with van der Waals surface area (Å²) >= 11 is 0.921. The van der Waals surface area contributed by atoms with E-state index in [4.69, 9.17) is 0 Å². The lowest BCUT2D eigenvalue weighted by molar-refractivity contribution is -0.293. The molecule has 1 aromatic heterocycles. The third-order valence-electron chi connectivity index (χ3n) is 2.07. The first kappa shape index (κ1) is 13.4. The molecule has 0 bridgehead atoms. The normalized spacial score (nSPS) is 15.2. The van der Waals surface area contributed by atoms with Gasteiger partial charge in [0.2, 0.25) is 0 Å². The Morgan fingerprint density at radius 3 is 2.06 bits per heavy atom. The Hall–Kier alpha value is -0.690. The summed E-state index contributed by atoms with van der Waals surface area (Å²) in [5.74, 6) is -4.78. The number of thiophene rings is 1. The number of hydrogen-bond donors (Lipinski definition) is 1. The molecule has 1 unspecified atom stereocenters. The fraction of sp³-hybridized carbons (Fsp3) is 0.556. The molecule has 0 aliphatic rings. The van der Waals surface area contributed by atoms with Crippen molar-refractivity contribution in [3.05, 3.63) is 21.9 Å². The Kier molecular flexibility index (Phi) is 3.59. The molecular formula is C9H10F5NS. The molecule has 0 saturated carbocycles. The van der Waals surface area contributed by atoms with Gasteiger partial charge in [0.25, 0.3) is 0 Å². The number of halogens is 5. The summed E-state index contributed by atoms with van der Waals surface area (Å²) in [7, 11) is 1.08. The van der Waals surface area contributed by atoms with Crippen LogP contribution in [0.2, 0.25) is 0 Å². The Balaban J connectivity index is 3.08. The average Bonchev–Trinajstić information content (AvgIpc) is 2.50. The Bertz CT molecular complexity index is 357. The Morgan fingerprint density at radius 2 is 1.75 bits per heavy atom. The second-order valence-corrected chi connectivity index (χ2v) is 4.61. The van der Waals surface area contributed by atoms with Crippen LogP contribution in [0.1, 0.15) is 15.8 Å². The van der Waals surface area contributed by atoms with E-state index < -0.39 is 18.1 Å². The summed E-state index contributed by atoms with van der Waals surface area (Å²) in [4.78, 5) is 0.663. The first-order valence-corrected chi connectivity index (χ1v) is 5.20. The molecule has 1 rings (SSSR count). The van der Waals surface area contributed by atoms with Crippen molar-refractivity contribution in [3.8, 4) is 0 Å². The Labute approximate surface area is 93.3 Å². The molecular weight excluding hydrogens is 249 g/mol. The second kappa shape index (κ2) is 4.29. The highest BCUT2D eigenvalue weighted by Gasteiger charge is 2.62. The number of rotatable bonds is 3. The standard InChI is InChI=1S/C9H10F5NS/c1-5-3-4-6(16-5)7(15-2)8(10,11)9(12,13)14/h3-4,7,15H,1-2H3. The maximum absolute atomic E-state index is 13.1. The van der Waals surface area contributed by atoms with E-state index in [0.717, 1.165) is 18.4 Å². The fourth-order valence-electron chi connectivity index (χ4n) is 1.27. The van der Waals surface area contributed by atoms with E-state index >= 15 is 0 Å². The monoisotopic (exact) mass is 259 g/mol. The van der Waals surface area contributed by atoms with Gasteiger partial charge in [0.15, 0.2) is 0 Å². The van der Waals surface area contributed by atoms with Gasteiger partial charge in [-0.15, -0.1) is 11.3 Å². The molecule has 0 spiro atoms. The van der Waals surface area contributed by atoms with Crippen LogP contribution in [0.15, 0.2) is 12.1 Å². The highest BCUT2D eigenvalue weighted by molar-refractivity contribution is 7.12. The molecule has 1 N–H and O–H groups in total. The van der Waals surface area contributed by atoms with Crippen molar-refractivity contribution in [1.82, 2.24) is 5.32 Å². The van der Waals surface area contributed by atoms with Crippen LogP contribution in [0, 0.1) is 6.92 Å². The molecule has 0 saturated heterocycles. The van der Waals surface area contributed by atoms with E-state index in [-0.39, 0.29) is 4.88 Å². The number of alkyl halides is 5. The van der Waals surface area contributed by atoms with Gasteiger partial charge in [-0.2, -0.15) is 22.0 Å². The molecule has 0 amide bonds. The molecule has 0 aliphatic carbocycles. The zero-order chi connectivity index (χ0) is 12.6. The van der Waals surface area contributed by atoms with Gasteiger partial charge in [0, 0.05) is 9.75 Å². The summed E-state index contributed by atoms with van der Waals surface area (Å²) in [6, 6.07) is 0.753. The van der Waals surface area contributed by atoms with E-state index in [1.165, 1.54) is 12.1 Å². The van der Waals surface area contributed by atoms with Crippen molar-refractivity contribution in [3.63, 3.8) is 0 Å². The molecule has 7 heteroatoms. The molecule has 1 nitrogen and oxygen atoms in total. The van der Waals surface area contributed by atoms with Crippen LogP contribution in [0.25, 0.3) is 0 Å². The molecule has 1 aromatic rings. The molecule has 0 aliphatic heterocycles. The quantitative estimate of drug-likeness (QED) is 0.819. The van der Waals surface area contributed by atoms with Gasteiger partial charge in [-0.1, -0.05) is 0 Å². The minimum absolute atomic E-state index is 0.0256. The highest BCUT2D eigenvalue weighted by atomic mass is 32.1. The van der Waals surface area contributed by atoms with Crippen LogP contribution in [0.3, 0.4) is 0 Å². The predicted molar refractivity (Wildman–Crippen MR) is 51.9 cm³/mol. The summed E-state index contributed by atoms with van der Waals surface area (Å²) in [6.45, 7) is 1.65. The van der Waals surface area contributed by atoms with E-state index in [9.17, 15) is 22.0 Å². The molecule has 92 valence electrons. The van der Waals surface area contributed by atoms with E-state index in [0.29, 0.717) is 4.88 Å². The summed E-state index contributed by atoms with van der Waals surface area (Å²) in [5, 5.41) is 2.02.